The van der Waals surface area contributed by atoms with Crippen LogP contribution in [0.1, 0.15) is 48.0 Å². The van der Waals surface area contributed by atoms with E-state index in [1.807, 2.05) is 6.08 Å². The lowest BCUT2D eigenvalue weighted by molar-refractivity contribution is 0.00780. The lowest BCUT2D eigenvalue weighted by Crippen LogP contribution is -2.43. The van der Waals surface area contributed by atoms with Gasteiger partial charge in [0, 0.05) is 23.4 Å². The van der Waals surface area contributed by atoms with E-state index in [1.165, 1.54) is 0 Å². The molecule has 2 rings (SSSR count). The minimum absolute atomic E-state index is 0.0557. The molecule has 0 fully saturated rings. The average Bonchev–Trinajstić information content (AvgIpc) is 2.43. The number of fused-ring (bicyclic) bond motifs is 1. The molecule has 2 N–H and O–H groups in total. The zero-order valence-electron chi connectivity index (χ0n) is 16.2. The third kappa shape index (κ3) is 4.97. The van der Waals surface area contributed by atoms with Crippen molar-refractivity contribution < 1.29 is 19.1 Å². The molecule has 2 amide bonds. The molecule has 1 unspecified atom stereocenters. The Kier molecular flexibility index (Phi) is 5.30. The first kappa shape index (κ1) is 19.8. The molecule has 7 heteroatoms. The highest BCUT2D eigenvalue weighted by molar-refractivity contribution is 5.91. The third-order valence-corrected chi connectivity index (χ3v) is 3.44. The number of rotatable bonds is 1. The fourth-order valence-electron chi connectivity index (χ4n) is 2.50. The second kappa shape index (κ2) is 6.97. The van der Waals surface area contributed by atoms with Gasteiger partial charge in [0.1, 0.15) is 11.2 Å². The summed E-state index contributed by atoms with van der Waals surface area (Å²) in [7, 11) is 0. The van der Waals surface area contributed by atoms with Crippen molar-refractivity contribution in [2.24, 2.45) is 16.6 Å². The summed E-state index contributed by atoms with van der Waals surface area (Å²) in [5.41, 5.74) is 5.67. The van der Waals surface area contributed by atoms with Gasteiger partial charge in [-0.2, -0.15) is 4.90 Å². The molecule has 2 aliphatic rings. The molecule has 7 nitrogen and oxygen atoms in total. The number of nitrogens with two attached hydrogens (primary N) is 1. The number of amides is 2. The van der Waals surface area contributed by atoms with E-state index < -0.39 is 23.4 Å². The molecule has 1 aliphatic carbocycles. The Morgan fingerprint density at radius 3 is 2.12 bits per heavy atom. The van der Waals surface area contributed by atoms with Gasteiger partial charge in [0.25, 0.3) is 0 Å². The molecular formula is C19H27N3O4. The molecule has 142 valence electrons. The number of carbonyl (C=O) groups is 2. The largest absolute Gasteiger partial charge is 0.443 e. The van der Waals surface area contributed by atoms with Crippen LogP contribution in [0.5, 0.6) is 0 Å². The van der Waals surface area contributed by atoms with Gasteiger partial charge in [-0.3, -0.25) is 0 Å². The highest BCUT2D eigenvalue weighted by Crippen LogP contribution is 2.32. The van der Waals surface area contributed by atoms with Crippen molar-refractivity contribution in [3.63, 3.8) is 0 Å². The molecule has 0 spiro atoms. The first-order valence-corrected chi connectivity index (χ1v) is 8.55. The van der Waals surface area contributed by atoms with Crippen LogP contribution in [0.3, 0.4) is 0 Å². The van der Waals surface area contributed by atoms with Gasteiger partial charge in [0.15, 0.2) is 5.82 Å². The topological polar surface area (TPSA) is 94.2 Å². The van der Waals surface area contributed by atoms with Gasteiger partial charge < -0.3 is 15.2 Å². The maximum atomic E-state index is 12.8. The number of allylic oxidation sites excluding steroid dienone is 4. The number of hydrogen-bond donors (Lipinski definition) is 1. The SMILES string of the molecule is CC(C)(C)OC(=O)N(C(=O)OC(C)(C)C)C1=C2C=CC(N)=CC2CC=N1. The third-order valence-electron chi connectivity index (χ3n) is 3.44. The van der Waals surface area contributed by atoms with Crippen molar-refractivity contribution in [1.29, 1.82) is 0 Å². The molecular weight excluding hydrogens is 334 g/mol. The van der Waals surface area contributed by atoms with Gasteiger partial charge >= 0.3 is 12.2 Å². The van der Waals surface area contributed by atoms with Gasteiger partial charge in [0.2, 0.25) is 0 Å². The van der Waals surface area contributed by atoms with E-state index >= 15 is 0 Å². The molecule has 0 aromatic rings. The molecule has 0 saturated heterocycles. The second-order valence-electron chi connectivity index (χ2n) is 8.23. The Morgan fingerprint density at radius 2 is 1.62 bits per heavy atom. The average molecular weight is 361 g/mol. The van der Waals surface area contributed by atoms with Gasteiger partial charge in [-0.1, -0.05) is 12.2 Å². The van der Waals surface area contributed by atoms with Gasteiger partial charge in [0.05, 0.1) is 0 Å². The lowest BCUT2D eigenvalue weighted by Gasteiger charge is -2.31. The fraction of sp³-hybridized carbons (Fsp3) is 0.526. The minimum atomic E-state index is -0.831. The van der Waals surface area contributed by atoms with Crippen LogP contribution >= 0.6 is 0 Å². The van der Waals surface area contributed by atoms with Crippen molar-refractivity contribution in [3.8, 4) is 0 Å². The maximum absolute atomic E-state index is 12.8. The summed E-state index contributed by atoms with van der Waals surface area (Å²) >= 11 is 0. The Hall–Kier alpha value is -2.57. The summed E-state index contributed by atoms with van der Waals surface area (Å²) in [6.07, 6.45) is 6.01. The van der Waals surface area contributed by atoms with Crippen LogP contribution in [0, 0.1) is 5.92 Å². The highest BCUT2D eigenvalue weighted by atomic mass is 16.6. The lowest BCUT2D eigenvalue weighted by atomic mass is 9.89. The van der Waals surface area contributed by atoms with Crippen LogP contribution in [-0.4, -0.2) is 34.5 Å². The number of carbonyl (C=O) groups excluding carboxylic acids is 2. The van der Waals surface area contributed by atoms with Crippen molar-refractivity contribution in [2.45, 2.75) is 59.2 Å². The van der Waals surface area contributed by atoms with Crippen molar-refractivity contribution in [1.82, 2.24) is 4.90 Å². The van der Waals surface area contributed by atoms with Crippen LogP contribution in [0.15, 0.2) is 40.3 Å². The van der Waals surface area contributed by atoms with E-state index in [0.717, 1.165) is 10.5 Å². The molecule has 0 bridgehead atoms. The van der Waals surface area contributed by atoms with E-state index in [9.17, 15) is 9.59 Å². The molecule has 0 saturated carbocycles. The van der Waals surface area contributed by atoms with E-state index in [0.29, 0.717) is 12.1 Å². The van der Waals surface area contributed by atoms with Crippen LogP contribution in [0.2, 0.25) is 0 Å². The summed E-state index contributed by atoms with van der Waals surface area (Å²) in [5.74, 6) is 0.143. The number of aliphatic imine (C=N–C) groups is 1. The number of hydrogen-bond acceptors (Lipinski definition) is 6. The number of imide groups is 1. The number of nitrogens with zero attached hydrogens (tertiary/aromatic N) is 2. The number of ether oxygens (including phenoxy) is 2. The summed E-state index contributed by atoms with van der Waals surface area (Å²) in [6, 6.07) is 0. The quantitative estimate of drug-likeness (QED) is 0.765. The molecule has 1 heterocycles. The zero-order chi connectivity index (χ0) is 19.7. The normalized spacial score (nSPS) is 19.6. The van der Waals surface area contributed by atoms with E-state index in [4.69, 9.17) is 15.2 Å². The Balaban J connectivity index is 2.46. The highest BCUT2D eigenvalue weighted by Gasteiger charge is 2.37. The Morgan fingerprint density at radius 1 is 1.08 bits per heavy atom. The summed E-state index contributed by atoms with van der Waals surface area (Å²) in [4.78, 5) is 30.7. The Bertz CT molecular complexity index is 690. The van der Waals surface area contributed by atoms with Crippen molar-refractivity contribution in [2.75, 3.05) is 0 Å². The summed E-state index contributed by atoms with van der Waals surface area (Å²) in [5, 5.41) is 0. The van der Waals surface area contributed by atoms with Gasteiger partial charge in [-0.15, -0.1) is 0 Å². The fourth-order valence-corrected chi connectivity index (χ4v) is 2.50. The van der Waals surface area contributed by atoms with Crippen LogP contribution in [0.25, 0.3) is 0 Å². The summed E-state index contributed by atoms with van der Waals surface area (Å²) < 4.78 is 10.8. The van der Waals surface area contributed by atoms with Crippen LogP contribution in [-0.2, 0) is 9.47 Å². The molecule has 1 atom stereocenters. The molecule has 0 radical (unpaired) electrons. The molecule has 0 aromatic carbocycles. The first-order valence-electron chi connectivity index (χ1n) is 8.55. The van der Waals surface area contributed by atoms with Crippen LogP contribution in [0.4, 0.5) is 9.59 Å². The summed E-state index contributed by atoms with van der Waals surface area (Å²) in [6.45, 7) is 10.4. The monoisotopic (exact) mass is 361 g/mol. The maximum Gasteiger partial charge on any atom is 0.425 e. The van der Waals surface area contributed by atoms with Gasteiger partial charge in [-0.25, -0.2) is 14.6 Å². The van der Waals surface area contributed by atoms with E-state index in [2.05, 4.69) is 4.99 Å². The first-order chi connectivity index (χ1) is 11.9. The van der Waals surface area contributed by atoms with E-state index in [-0.39, 0.29) is 11.7 Å². The second-order valence-corrected chi connectivity index (χ2v) is 8.23. The van der Waals surface area contributed by atoms with Crippen LogP contribution < -0.4 is 5.73 Å². The standard InChI is InChI=1S/C19H27N3O4/c1-18(2,3)25-16(23)22(17(24)26-19(4,5)6)15-14-8-7-13(20)11-12(14)9-10-21-15/h7-8,10-12H,9,20H2,1-6H3. The predicted molar refractivity (Wildman–Crippen MR) is 99.3 cm³/mol. The predicted octanol–water partition coefficient (Wildman–Crippen LogP) is 3.87. The minimum Gasteiger partial charge on any atom is -0.443 e. The van der Waals surface area contributed by atoms with Gasteiger partial charge in [-0.05, 0) is 54.0 Å². The smallest absolute Gasteiger partial charge is 0.425 e. The van der Waals surface area contributed by atoms with Crippen molar-refractivity contribution in [3.05, 3.63) is 35.3 Å². The Labute approximate surface area is 154 Å². The molecule has 0 aromatic heterocycles. The van der Waals surface area contributed by atoms with E-state index in [1.54, 1.807) is 59.9 Å². The molecule has 1 aliphatic heterocycles. The molecule has 26 heavy (non-hydrogen) atoms. The van der Waals surface area contributed by atoms with Crippen molar-refractivity contribution >= 4 is 18.4 Å². The zero-order valence-corrected chi connectivity index (χ0v) is 16.2.